The number of pyridine rings is 1. The molecular weight excluding hydrogens is 472 g/mol. The predicted octanol–water partition coefficient (Wildman–Crippen LogP) is 4.29. The monoisotopic (exact) mass is 506 g/mol. The molecule has 1 saturated heterocycles. The zero-order valence-electron chi connectivity index (χ0n) is 21.0. The van der Waals surface area contributed by atoms with E-state index in [-0.39, 0.29) is 23.7 Å². The minimum absolute atomic E-state index is 0.00322. The zero-order chi connectivity index (χ0) is 25.3. The molecule has 8 heteroatoms. The molecule has 0 radical (unpaired) electrons. The number of anilines is 1. The van der Waals surface area contributed by atoms with Gasteiger partial charge in [0.15, 0.2) is 0 Å². The predicted molar refractivity (Wildman–Crippen MR) is 144 cm³/mol. The molecule has 1 N–H and O–H groups in total. The fourth-order valence-corrected chi connectivity index (χ4v) is 6.88. The number of hydrogen-bond acceptors (Lipinski definition) is 5. The fourth-order valence-electron chi connectivity index (χ4n) is 5.55. The van der Waals surface area contributed by atoms with Crippen LogP contribution in [0.5, 0.6) is 0 Å². The molecule has 1 aromatic heterocycles. The van der Waals surface area contributed by atoms with Gasteiger partial charge in [0.1, 0.15) is 0 Å². The van der Waals surface area contributed by atoms with Crippen LogP contribution in [-0.4, -0.2) is 56.1 Å². The topological polar surface area (TPSA) is 82.6 Å². The van der Waals surface area contributed by atoms with Crippen molar-refractivity contribution in [3.05, 3.63) is 71.5 Å². The van der Waals surface area contributed by atoms with Gasteiger partial charge in [0.05, 0.1) is 5.75 Å². The number of rotatable bonds is 7. The maximum absolute atomic E-state index is 13.4. The first-order valence-corrected chi connectivity index (χ1v) is 14.5. The number of nitrogens with zero attached hydrogens (tertiary/aromatic N) is 3. The number of sulfonamides is 1. The smallest absolute Gasteiger partial charge is 0.253 e. The molecule has 0 spiro atoms. The third-order valence-corrected chi connectivity index (χ3v) is 9.18. The normalized spacial score (nSPS) is 18.4. The highest BCUT2D eigenvalue weighted by Gasteiger charge is 2.30. The molecule has 36 heavy (non-hydrogen) atoms. The number of aromatic nitrogens is 1. The number of hydrogen-bond donors (Lipinski definition) is 1. The number of benzene rings is 2. The number of aryl methyl sites for hydroxylation is 1. The van der Waals surface area contributed by atoms with E-state index < -0.39 is 10.0 Å². The van der Waals surface area contributed by atoms with Crippen molar-refractivity contribution in [2.24, 2.45) is 0 Å². The van der Waals surface area contributed by atoms with Crippen LogP contribution in [0.15, 0.2) is 54.9 Å². The molecule has 7 nitrogen and oxygen atoms in total. The lowest BCUT2D eigenvalue weighted by molar-refractivity contribution is 0.0709. The van der Waals surface area contributed by atoms with E-state index in [0.29, 0.717) is 12.0 Å². The van der Waals surface area contributed by atoms with Crippen LogP contribution >= 0.6 is 0 Å². The highest BCUT2D eigenvalue weighted by Crippen LogP contribution is 2.33. The second kappa shape index (κ2) is 10.2. The molecule has 1 aliphatic carbocycles. The summed E-state index contributed by atoms with van der Waals surface area (Å²) in [6.07, 6.45) is 7.64. The first kappa shape index (κ1) is 24.7. The molecule has 1 atom stereocenters. The summed E-state index contributed by atoms with van der Waals surface area (Å²) in [5.41, 5.74) is 3.90. The molecule has 190 valence electrons. The van der Waals surface area contributed by atoms with Crippen LogP contribution in [0.1, 0.15) is 60.1 Å². The summed E-state index contributed by atoms with van der Waals surface area (Å²) in [5, 5.41) is 2.32. The van der Waals surface area contributed by atoms with Crippen LogP contribution in [0, 0.1) is 0 Å². The summed E-state index contributed by atoms with van der Waals surface area (Å²) >= 11 is 0. The number of nitrogens with one attached hydrogen (secondary N) is 1. The van der Waals surface area contributed by atoms with Gasteiger partial charge in [-0.2, -0.15) is 0 Å². The molecule has 2 heterocycles. The highest BCUT2D eigenvalue weighted by atomic mass is 32.2. The van der Waals surface area contributed by atoms with Crippen LogP contribution in [0.25, 0.3) is 10.8 Å². The minimum atomic E-state index is -3.32. The summed E-state index contributed by atoms with van der Waals surface area (Å²) in [5.74, 6) is 0.117. The molecule has 2 aliphatic rings. The first-order chi connectivity index (χ1) is 17.3. The molecule has 1 aliphatic heterocycles. The largest absolute Gasteiger partial charge is 0.371 e. The van der Waals surface area contributed by atoms with Crippen molar-refractivity contribution in [1.82, 2.24) is 14.6 Å². The lowest BCUT2D eigenvalue weighted by atomic mass is 10.00. The molecule has 5 rings (SSSR count). The van der Waals surface area contributed by atoms with Gasteiger partial charge < -0.3 is 9.80 Å². The summed E-state index contributed by atoms with van der Waals surface area (Å²) in [6.45, 7) is 3.65. The molecule has 0 bridgehead atoms. The number of carbonyl (C=O) groups is 1. The van der Waals surface area contributed by atoms with Crippen LogP contribution in [0.4, 0.5) is 5.69 Å². The molecule has 1 fully saturated rings. The van der Waals surface area contributed by atoms with Gasteiger partial charge in [0.25, 0.3) is 5.91 Å². The second-order valence-electron chi connectivity index (χ2n) is 9.98. The van der Waals surface area contributed by atoms with Crippen LogP contribution < -0.4 is 9.62 Å². The van der Waals surface area contributed by atoms with Gasteiger partial charge in [-0.1, -0.05) is 19.1 Å². The molecular formula is C28H34N4O3S. The Hall–Kier alpha value is -2.97. The van der Waals surface area contributed by atoms with E-state index in [0.717, 1.165) is 55.3 Å². The van der Waals surface area contributed by atoms with Gasteiger partial charge in [0, 0.05) is 61.3 Å². The Kier molecular flexibility index (Phi) is 6.99. The number of fused-ring (bicyclic) bond motifs is 2. The fraction of sp³-hybridized carbons (Fsp3) is 0.429. The first-order valence-electron chi connectivity index (χ1n) is 12.8. The van der Waals surface area contributed by atoms with E-state index in [1.807, 2.05) is 55.5 Å². The Balaban J connectivity index is 1.24. The highest BCUT2D eigenvalue weighted by molar-refractivity contribution is 7.89. The number of piperidine rings is 1. The van der Waals surface area contributed by atoms with E-state index in [4.69, 9.17) is 0 Å². The Morgan fingerprint density at radius 2 is 1.89 bits per heavy atom. The third-order valence-electron chi connectivity index (χ3n) is 7.59. The third kappa shape index (κ3) is 5.11. The zero-order valence-corrected chi connectivity index (χ0v) is 21.8. The van der Waals surface area contributed by atoms with Crippen molar-refractivity contribution in [3.8, 4) is 0 Å². The van der Waals surface area contributed by atoms with Crippen molar-refractivity contribution < 1.29 is 13.2 Å². The van der Waals surface area contributed by atoms with Crippen molar-refractivity contribution in [3.63, 3.8) is 0 Å². The van der Waals surface area contributed by atoms with Crippen LogP contribution in [-0.2, 0) is 16.4 Å². The average Bonchev–Trinajstić information content (AvgIpc) is 3.28. The van der Waals surface area contributed by atoms with E-state index in [1.165, 1.54) is 11.1 Å². The minimum Gasteiger partial charge on any atom is -0.371 e. The Bertz CT molecular complexity index is 1370. The Labute approximate surface area is 213 Å². The molecule has 3 aromatic rings. The van der Waals surface area contributed by atoms with E-state index >= 15 is 0 Å². The van der Waals surface area contributed by atoms with Gasteiger partial charge in [0.2, 0.25) is 10.0 Å². The van der Waals surface area contributed by atoms with Crippen molar-refractivity contribution in [2.75, 3.05) is 30.8 Å². The quantitative estimate of drug-likeness (QED) is 0.517. The maximum Gasteiger partial charge on any atom is 0.253 e. The molecule has 0 saturated carbocycles. The van der Waals surface area contributed by atoms with E-state index in [9.17, 15) is 13.2 Å². The lowest BCUT2D eigenvalue weighted by Crippen LogP contribution is -2.45. The Morgan fingerprint density at radius 1 is 1.08 bits per heavy atom. The SMILES string of the molecule is CCCS(=O)(=O)NC1CCc2ccc(C(=O)N(C)C3CCN(c4ccc5cnccc5c4)CC3)cc21. The standard InChI is InChI=1S/C28H34N4O3S/c1-3-16-36(34,35)30-27-9-7-20-4-5-22(18-26(20)27)28(33)31(2)24-11-14-32(15-12-24)25-8-6-23-19-29-13-10-21(23)17-25/h4-6,8,10,13,17-19,24,27,30H,3,7,9,11-12,14-16H2,1-2H3. The van der Waals surface area contributed by atoms with Crippen LogP contribution in [0.3, 0.4) is 0 Å². The van der Waals surface area contributed by atoms with Gasteiger partial charge in [-0.15, -0.1) is 0 Å². The van der Waals surface area contributed by atoms with Gasteiger partial charge in [-0.05, 0) is 78.9 Å². The number of amides is 1. The van der Waals surface area contributed by atoms with Gasteiger partial charge >= 0.3 is 0 Å². The van der Waals surface area contributed by atoms with E-state index in [1.54, 1.807) is 0 Å². The maximum atomic E-state index is 13.4. The van der Waals surface area contributed by atoms with Crippen molar-refractivity contribution in [1.29, 1.82) is 0 Å². The summed E-state index contributed by atoms with van der Waals surface area (Å²) in [6, 6.07) is 14.2. The Morgan fingerprint density at radius 3 is 2.67 bits per heavy atom. The summed E-state index contributed by atoms with van der Waals surface area (Å²) < 4.78 is 27.5. The van der Waals surface area contributed by atoms with Crippen molar-refractivity contribution >= 4 is 32.4 Å². The van der Waals surface area contributed by atoms with Crippen molar-refractivity contribution in [2.45, 2.75) is 51.1 Å². The summed E-state index contributed by atoms with van der Waals surface area (Å²) in [4.78, 5) is 21.9. The molecule has 1 amide bonds. The van der Waals surface area contributed by atoms with E-state index in [2.05, 4.69) is 32.8 Å². The lowest BCUT2D eigenvalue weighted by Gasteiger charge is -2.38. The number of carbonyl (C=O) groups excluding carboxylic acids is 1. The van der Waals surface area contributed by atoms with Gasteiger partial charge in [-0.25, -0.2) is 13.1 Å². The average molecular weight is 507 g/mol. The van der Waals surface area contributed by atoms with Gasteiger partial charge in [-0.3, -0.25) is 9.78 Å². The summed E-state index contributed by atoms with van der Waals surface area (Å²) in [7, 11) is -1.43. The second-order valence-corrected chi connectivity index (χ2v) is 11.9. The molecule has 2 aromatic carbocycles. The molecule has 1 unspecified atom stereocenters. The van der Waals surface area contributed by atoms with Crippen LogP contribution in [0.2, 0.25) is 0 Å².